The minimum absolute atomic E-state index is 0.171. The van der Waals surface area contributed by atoms with E-state index >= 15 is 0 Å². The summed E-state index contributed by atoms with van der Waals surface area (Å²) in [7, 11) is 2.06. The van der Waals surface area contributed by atoms with Crippen LogP contribution < -0.4 is 5.32 Å². The molecule has 4 fully saturated rings. The Labute approximate surface area is 250 Å². The quantitative estimate of drug-likeness (QED) is 0.433. The number of likely N-dealkylation sites (tertiary alicyclic amines) is 1. The van der Waals surface area contributed by atoms with Gasteiger partial charge in [-0.05, 0) is 62.4 Å². The number of nitrogens with one attached hydrogen (secondary N) is 2. The Morgan fingerprint density at radius 3 is 2.79 bits per heavy atom. The number of hydrogen-bond donors (Lipinski definition) is 3. The molecule has 5 aliphatic rings. The first-order valence-electron chi connectivity index (χ1n) is 15.4. The van der Waals surface area contributed by atoms with Crippen LogP contribution >= 0.6 is 0 Å². The monoisotopic (exact) mass is 583 g/mol. The predicted molar refractivity (Wildman–Crippen MR) is 157 cm³/mol. The number of likely N-dealkylation sites (N-methyl/N-ethyl adjacent to an activating group) is 1. The molecule has 10 heteroatoms. The number of aromatic nitrogens is 1. The summed E-state index contributed by atoms with van der Waals surface area (Å²) in [5.41, 5.74) is 2.74. The number of aliphatic hydroxyl groups is 1. The SMILES string of the molecule is CN1C[C@H](C(=O)N[C@]2(C)O[C@@]3(O)[C@H]4CCCN4C(=O)[C@H](Cc4ccccc4)N3C2=O)C[C@@H]2c3cccc4[nH]cc(c34)C[C@@H]21. The summed E-state index contributed by atoms with van der Waals surface area (Å²) in [5, 5.41) is 16.2. The van der Waals surface area contributed by atoms with E-state index in [0.717, 1.165) is 17.5 Å². The second kappa shape index (κ2) is 9.38. The summed E-state index contributed by atoms with van der Waals surface area (Å²) < 4.78 is 6.25. The maximum Gasteiger partial charge on any atom is 0.280 e. The molecule has 3 N–H and O–H groups in total. The number of carbonyl (C=O) groups excluding carboxylic acids is 3. The normalized spacial score (nSPS) is 35.2. The third kappa shape index (κ3) is 3.86. The minimum Gasteiger partial charge on any atom is -0.361 e. The molecule has 10 nitrogen and oxygen atoms in total. The lowest BCUT2D eigenvalue weighted by Crippen LogP contribution is -2.71. The van der Waals surface area contributed by atoms with E-state index < -0.39 is 29.6 Å². The van der Waals surface area contributed by atoms with Crippen molar-refractivity contribution in [2.24, 2.45) is 5.92 Å². The number of amides is 3. The Morgan fingerprint density at radius 2 is 1.98 bits per heavy atom. The summed E-state index contributed by atoms with van der Waals surface area (Å²) in [6.45, 7) is 2.56. The summed E-state index contributed by atoms with van der Waals surface area (Å²) in [6.07, 6.45) is 5.13. The number of ether oxygens (including phenoxy) is 1. The van der Waals surface area contributed by atoms with Crippen LogP contribution in [0.25, 0.3) is 10.9 Å². The van der Waals surface area contributed by atoms with Gasteiger partial charge in [-0.2, -0.15) is 0 Å². The van der Waals surface area contributed by atoms with Gasteiger partial charge in [0.25, 0.3) is 11.8 Å². The molecule has 1 aromatic heterocycles. The lowest BCUT2D eigenvalue weighted by atomic mass is 9.72. The van der Waals surface area contributed by atoms with Crippen LogP contribution in [0.4, 0.5) is 0 Å². The van der Waals surface area contributed by atoms with Crippen molar-refractivity contribution in [3.63, 3.8) is 0 Å². The number of aromatic amines is 1. The first kappa shape index (κ1) is 26.9. The van der Waals surface area contributed by atoms with Crippen molar-refractivity contribution in [1.29, 1.82) is 0 Å². The maximum atomic E-state index is 14.2. The van der Waals surface area contributed by atoms with Crippen molar-refractivity contribution in [3.05, 3.63) is 71.4 Å². The molecule has 4 aliphatic heterocycles. The second-order valence-electron chi connectivity index (χ2n) is 13.2. The lowest BCUT2D eigenvalue weighted by Gasteiger charge is -2.48. The fraction of sp³-hybridized carbons (Fsp3) is 0.485. The summed E-state index contributed by atoms with van der Waals surface area (Å²) in [6, 6.07) is 14.4. The molecule has 1 aliphatic carbocycles. The van der Waals surface area contributed by atoms with Crippen molar-refractivity contribution in [1.82, 2.24) is 25.0 Å². The Kier molecular flexibility index (Phi) is 5.86. The molecule has 4 saturated heterocycles. The molecule has 0 saturated carbocycles. The standard InChI is InChI=1S/C33H37N5O5/c1-32(35-29(39)21-15-23-22-10-6-11-24-28(22)20(17-34-24)16-25(23)36(2)18-21)31(41)38-26(14-19-8-4-3-5-9-19)30(40)37-13-7-12-27(37)33(38,42)43-32/h3-6,8-11,17,21,23,25-27,34,42H,7,12-16,18H2,1-2H3,(H,35,39)/t21-,23-,25+,26+,27-,32-,33+/m1/s1. The topological polar surface area (TPSA) is 118 Å². The van der Waals surface area contributed by atoms with Crippen molar-refractivity contribution in [2.45, 2.75) is 74.7 Å². The highest BCUT2D eigenvalue weighted by Crippen LogP contribution is 2.47. The Hall–Kier alpha value is -3.73. The van der Waals surface area contributed by atoms with Gasteiger partial charge in [-0.1, -0.05) is 42.5 Å². The van der Waals surface area contributed by atoms with E-state index in [-0.39, 0.29) is 36.1 Å². The summed E-state index contributed by atoms with van der Waals surface area (Å²) in [5.74, 6) is -3.31. The molecule has 0 radical (unpaired) electrons. The number of H-pyrrole nitrogens is 1. The van der Waals surface area contributed by atoms with Gasteiger partial charge in [0.1, 0.15) is 12.1 Å². The van der Waals surface area contributed by atoms with Crippen molar-refractivity contribution in [3.8, 4) is 0 Å². The fourth-order valence-electron chi connectivity index (χ4n) is 8.65. The molecule has 0 unspecified atom stereocenters. The van der Waals surface area contributed by atoms with Crippen molar-refractivity contribution in [2.75, 3.05) is 20.1 Å². The maximum absolute atomic E-state index is 14.2. The van der Waals surface area contributed by atoms with Gasteiger partial charge in [0.15, 0.2) is 0 Å². The number of nitrogens with zero attached hydrogens (tertiary/aromatic N) is 3. The average molecular weight is 584 g/mol. The number of carbonyl (C=O) groups is 3. The lowest BCUT2D eigenvalue weighted by molar-refractivity contribution is -0.315. The molecular formula is C33H37N5O5. The molecule has 224 valence electrons. The summed E-state index contributed by atoms with van der Waals surface area (Å²) in [4.78, 5) is 50.4. The van der Waals surface area contributed by atoms with E-state index in [9.17, 15) is 19.5 Å². The van der Waals surface area contributed by atoms with Crippen LogP contribution in [0, 0.1) is 5.92 Å². The fourth-order valence-corrected chi connectivity index (χ4v) is 8.65. The molecule has 43 heavy (non-hydrogen) atoms. The Balaban J connectivity index is 1.08. The minimum atomic E-state index is -2.03. The second-order valence-corrected chi connectivity index (χ2v) is 13.2. The van der Waals surface area contributed by atoms with Gasteiger partial charge in [0.05, 0.1) is 5.92 Å². The summed E-state index contributed by atoms with van der Waals surface area (Å²) >= 11 is 0. The van der Waals surface area contributed by atoms with Crippen LogP contribution in [0.5, 0.6) is 0 Å². The highest BCUT2D eigenvalue weighted by atomic mass is 16.7. The van der Waals surface area contributed by atoms with Gasteiger partial charge >= 0.3 is 0 Å². The highest BCUT2D eigenvalue weighted by Gasteiger charge is 2.70. The van der Waals surface area contributed by atoms with E-state index in [1.165, 1.54) is 28.3 Å². The average Bonchev–Trinajstić information content (AvgIpc) is 3.70. The van der Waals surface area contributed by atoms with Crippen LogP contribution in [0.2, 0.25) is 0 Å². The van der Waals surface area contributed by atoms with E-state index in [4.69, 9.17) is 4.74 Å². The molecule has 3 aromatic rings. The molecule has 0 bridgehead atoms. The van der Waals surface area contributed by atoms with Gasteiger partial charge in [0, 0.05) is 48.6 Å². The Morgan fingerprint density at radius 1 is 1.16 bits per heavy atom. The van der Waals surface area contributed by atoms with Crippen LogP contribution in [0.15, 0.2) is 54.7 Å². The predicted octanol–water partition coefficient (Wildman–Crippen LogP) is 2.08. The largest absolute Gasteiger partial charge is 0.361 e. The number of benzene rings is 2. The number of fused-ring (bicyclic) bond motifs is 5. The van der Waals surface area contributed by atoms with Gasteiger partial charge in [-0.3, -0.25) is 24.0 Å². The zero-order chi connectivity index (χ0) is 29.7. The van der Waals surface area contributed by atoms with Gasteiger partial charge in [-0.15, -0.1) is 0 Å². The van der Waals surface area contributed by atoms with Crippen LogP contribution in [-0.2, 0) is 32.0 Å². The van der Waals surface area contributed by atoms with E-state index in [1.54, 1.807) is 4.90 Å². The smallest absolute Gasteiger partial charge is 0.280 e. The van der Waals surface area contributed by atoms with Crippen LogP contribution in [-0.4, -0.2) is 92.4 Å². The molecular weight excluding hydrogens is 546 g/mol. The molecule has 8 rings (SSSR count). The van der Waals surface area contributed by atoms with Crippen LogP contribution in [0.3, 0.4) is 0 Å². The molecule has 7 atom stereocenters. The van der Waals surface area contributed by atoms with E-state index in [2.05, 4.69) is 46.6 Å². The number of rotatable bonds is 4. The number of hydrogen-bond acceptors (Lipinski definition) is 6. The molecule has 5 heterocycles. The van der Waals surface area contributed by atoms with Gasteiger partial charge in [-0.25, -0.2) is 0 Å². The van der Waals surface area contributed by atoms with Gasteiger partial charge < -0.3 is 25.2 Å². The van der Waals surface area contributed by atoms with Crippen LogP contribution in [0.1, 0.15) is 48.8 Å². The van der Waals surface area contributed by atoms with Crippen molar-refractivity contribution >= 4 is 28.6 Å². The molecule has 3 amide bonds. The molecule has 2 aromatic carbocycles. The third-order valence-corrected chi connectivity index (χ3v) is 10.6. The van der Waals surface area contributed by atoms with Crippen molar-refractivity contribution < 1.29 is 24.2 Å². The van der Waals surface area contributed by atoms with E-state index in [1.807, 2.05) is 30.3 Å². The zero-order valence-corrected chi connectivity index (χ0v) is 24.5. The molecule has 0 spiro atoms. The number of piperazine rings is 1. The first-order valence-corrected chi connectivity index (χ1v) is 15.4. The first-order chi connectivity index (χ1) is 20.7. The van der Waals surface area contributed by atoms with E-state index in [0.29, 0.717) is 32.4 Å². The highest BCUT2D eigenvalue weighted by molar-refractivity contribution is 5.97. The third-order valence-electron chi connectivity index (χ3n) is 10.6. The van der Waals surface area contributed by atoms with Gasteiger partial charge in [0.2, 0.25) is 17.5 Å². The zero-order valence-electron chi connectivity index (χ0n) is 24.5. The number of piperidine rings is 1. The Bertz CT molecular complexity index is 1640.